The molecule has 1 fully saturated rings. The van der Waals surface area contributed by atoms with Crippen molar-refractivity contribution in [2.45, 2.75) is 29.4 Å². The molecule has 1 saturated heterocycles. The summed E-state index contributed by atoms with van der Waals surface area (Å²) in [5.74, 6) is 0. The van der Waals surface area contributed by atoms with Crippen LogP contribution in [0.2, 0.25) is 0 Å². The zero-order valence-electron chi connectivity index (χ0n) is 21.6. The molecule has 2 aliphatic rings. The first kappa shape index (κ1) is 32.0. The third-order valence-electron chi connectivity index (χ3n) is 5.55. The summed E-state index contributed by atoms with van der Waals surface area (Å²) in [5, 5.41) is 19.0. The smallest absolute Gasteiger partial charge is 0.261 e. The highest BCUT2D eigenvalue weighted by molar-refractivity contribution is 7.99. The van der Waals surface area contributed by atoms with Gasteiger partial charge >= 0.3 is 0 Å². The third kappa shape index (κ3) is 11.7. The van der Waals surface area contributed by atoms with Gasteiger partial charge in [-0.05, 0) is 50.2 Å². The average Bonchev–Trinajstić information content (AvgIpc) is 2.81. The lowest BCUT2D eigenvalue weighted by Crippen LogP contribution is -2.49. The van der Waals surface area contributed by atoms with Gasteiger partial charge in [0.25, 0.3) is 20.2 Å². The van der Waals surface area contributed by atoms with Crippen LogP contribution in [-0.2, 0) is 20.2 Å². The lowest BCUT2D eigenvalue weighted by Gasteiger charge is -2.37. The van der Waals surface area contributed by atoms with E-state index in [0.717, 1.165) is 51.4 Å². The number of hydrogen-bond acceptors (Lipinski definition) is 10. The molecule has 38 heavy (non-hydrogen) atoms. The van der Waals surface area contributed by atoms with Gasteiger partial charge in [0.2, 0.25) is 0 Å². The van der Waals surface area contributed by atoms with E-state index < -0.39 is 20.2 Å². The quantitative estimate of drug-likeness (QED) is 0.440. The molecule has 2 aromatic carbocycles. The van der Waals surface area contributed by atoms with E-state index in [1.165, 1.54) is 15.5 Å². The molecule has 2 aliphatic heterocycles. The van der Waals surface area contributed by atoms with Crippen LogP contribution in [-0.4, -0.2) is 98.9 Å². The van der Waals surface area contributed by atoms with Crippen molar-refractivity contribution < 1.29 is 31.0 Å². The van der Waals surface area contributed by atoms with Crippen LogP contribution >= 0.6 is 11.8 Å². The SMILES string of the molecule is CC(O)N1CCN(CCCN2c3ccccc3Sc3ccc(C#N)cc32)CC1.CS(=O)(=O)O.CS(=O)(=O)O. The number of fused-ring (bicyclic) bond motifs is 2. The van der Waals surface area contributed by atoms with E-state index in [0.29, 0.717) is 18.1 Å². The maximum Gasteiger partial charge on any atom is 0.261 e. The van der Waals surface area contributed by atoms with E-state index in [4.69, 9.17) is 9.11 Å². The van der Waals surface area contributed by atoms with Crippen molar-refractivity contribution in [3.8, 4) is 6.07 Å². The number of nitrogens with zero attached hydrogens (tertiary/aromatic N) is 4. The zero-order valence-corrected chi connectivity index (χ0v) is 24.0. The molecular formula is C24H34N4O7S3. The molecule has 3 N–H and O–H groups in total. The van der Waals surface area contributed by atoms with Crippen LogP contribution in [0.3, 0.4) is 0 Å². The molecule has 14 heteroatoms. The number of para-hydroxylation sites is 1. The van der Waals surface area contributed by atoms with Gasteiger partial charge < -0.3 is 14.9 Å². The molecule has 1 unspecified atom stereocenters. The number of piperazine rings is 1. The van der Waals surface area contributed by atoms with Crippen molar-refractivity contribution in [3.05, 3.63) is 48.0 Å². The average molecular weight is 587 g/mol. The molecule has 210 valence electrons. The maximum atomic E-state index is 9.71. The number of benzene rings is 2. The summed E-state index contributed by atoms with van der Waals surface area (Å²) in [5.41, 5.74) is 3.08. The number of anilines is 2. The monoisotopic (exact) mass is 586 g/mol. The summed E-state index contributed by atoms with van der Waals surface area (Å²) in [6.45, 7) is 7.68. The summed E-state index contributed by atoms with van der Waals surface area (Å²) >= 11 is 1.78. The molecule has 2 heterocycles. The molecule has 1 atom stereocenters. The first-order chi connectivity index (χ1) is 17.7. The van der Waals surface area contributed by atoms with E-state index in [1.807, 2.05) is 19.1 Å². The summed E-state index contributed by atoms with van der Waals surface area (Å²) < 4.78 is 51.7. The minimum Gasteiger partial charge on any atom is -0.379 e. The van der Waals surface area contributed by atoms with Gasteiger partial charge in [-0.2, -0.15) is 22.1 Å². The van der Waals surface area contributed by atoms with Crippen LogP contribution in [0.5, 0.6) is 0 Å². The predicted molar refractivity (Wildman–Crippen MR) is 148 cm³/mol. The van der Waals surface area contributed by atoms with Crippen LogP contribution < -0.4 is 4.90 Å². The Labute approximate surface area is 229 Å². The van der Waals surface area contributed by atoms with Crippen molar-refractivity contribution in [1.29, 1.82) is 5.26 Å². The van der Waals surface area contributed by atoms with E-state index in [9.17, 15) is 27.2 Å². The first-order valence-electron chi connectivity index (χ1n) is 11.7. The normalized spacial score (nSPS) is 16.5. The van der Waals surface area contributed by atoms with E-state index >= 15 is 0 Å². The second-order valence-electron chi connectivity index (χ2n) is 8.84. The Morgan fingerprint density at radius 2 is 1.47 bits per heavy atom. The molecule has 0 bridgehead atoms. The van der Waals surface area contributed by atoms with Gasteiger partial charge in [-0.15, -0.1) is 0 Å². The fraction of sp³-hybridized carbons (Fsp3) is 0.458. The Bertz CT molecular complexity index is 1270. The summed E-state index contributed by atoms with van der Waals surface area (Å²) in [4.78, 5) is 9.45. The Balaban J connectivity index is 0.000000435. The second kappa shape index (κ2) is 14.2. The van der Waals surface area contributed by atoms with Gasteiger partial charge in [0, 0.05) is 42.5 Å². The summed E-state index contributed by atoms with van der Waals surface area (Å²) in [7, 11) is -7.33. The fourth-order valence-corrected chi connectivity index (χ4v) is 5.03. The van der Waals surface area contributed by atoms with Crippen molar-refractivity contribution in [1.82, 2.24) is 9.80 Å². The largest absolute Gasteiger partial charge is 0.379 e. The molecular weight excluding hydrogens is 552 g/mol. The standard InChI is InChI=1S/C22H26N4OS.2CH4O3S/c1-17(27)25-13-11-24(12-14-25)9-4-10-26-19-5-2-3-6-21(19)28-22-8-7-18(16-23)15-20(22)26;2*1-5(2,3)4/h2-3,5-8,15,17,27H,4,9-14H2,1H3;2*1H3,(H,2,3,4). The molecule has 11 nitrogen and oxygen atoms in total. The van der Waals surface area contributed by atoms with E-state index in [-0.39, 0.29) is 6.23 Å². The van der Waals surface area contributed by atoms with Crippen molar-refractivity contribution in [2.24, 2.45) is 0 Å². The third-order valence-corrected chi connectivity index (χ3v) is 6.68. The van der Waals surface area contributed by atoms with Crippen molar-refractivity contribution in [2.75, 3.05) is 56.7 Å². The maximum absolute atomic E-state index is 9.71. The highest BCUT2D eigenvalue weighted by Crippen LogP contribution is 2.48. The molecule has 0 radical (unpaired) electrons. The lowest BCUT2D eigenvalue weighted by molar-refractivity contribution is -0.0127. The highest BCUT2D eigenvalue weighted by Gasteiger charge is 2.24. The first-order valence-corrected chi connectivity index (χ1v) is 16.2. The molecule has 0 saturated carbocycles. The number of aliphatic hydroxyl groups excluding tert-OH is 1. The van der Waals surface area contributed by atoms with Gasteiger partial charge in [-0.3, -0.25) is 14.0 Å². The Morgan fingerprint density at radius 3 is 2.03 bits per heavy atom. The Morgan fingerprint density at radius 1 is 0.921 bits per heavy atom. The van der Waals surface area contributed by atoms with E-state index in [1.54, 1.807) is 11.8 Å². The zero-order chi connectivity index (χ0) is 28.5. The number of hydrogen-bond donors (Lipinski definition) is 3. The topological polar surface area (TPSA) is 162 Å². The van der Waals surface area contributed by atoms with Gasteiger partial charge in [-0.25, -0.2) is 0 Å². The molecule has 0 amide bonds. The van der Waals surface area contributed by atoms with E-state index in [2.05, 4.69) is 51.1 Å². The lowest BCUT2D eigenvalue weighted by atomic mass is 10.1. The van der Waals surface area contributed by atoms with Gasteiger partial charge in [-0.1, -0.05) is 23.9 Å². The Kier molecular flexibility index (Phi) is 12.0. The highest BCUT2D eigenvalue weighted by atomic mass is 32.2. The van der Waals surface area contributed by atoms with Crippen molar-refractivity contribution >= 4 is 43.4 Å². The minimum atomic E-state index is -3.67. The predicted octanol–water partition coefficient (Wildman–Crippen LogP) is 2.51. The van der Waals surface area contributed by atoms with Crippen LogP contribution in [0.1, 0.15) is 18.9 Å². The van der Waals surface area contributed by atoms with Crippen molar-refractivity contribution in [3.63, 3.8) is 0 Å². The Hall–Kier alpha value is -2.22. The molecule has 4 rings (SSSR count). The van der Waals surface area contributed by atoms with Crippen LogP contribution in [0.25, 0.3) is 0 Å². The van der Waals surface area contributed by atoms with Crippen LogP contribution in [0.15, 0.2) is 52.3 Å². The number of nitriles is 1. The summed E-state index contributed by atoms with van der Waals surface area (Å²) in [6.07, 6.45) is 2.14. The molecule has 2 aromatic rings. The molecule has 0 aromatic heterocycles. The fourth-order valence-electron chi connectivity index (χ4n) is 3.95. The van der Waals surface area contributed by atoms with Gasteiger partial charge in [0.15, 0.2) is 0 Å². The number of aliphatic hydroxyl groups is 1. The summed E-state index contributed by atoms with van der Waals surface area (Å²) in [6, 6.07) is 16.8. The molecule has 0 spiro atoms. The van der Waals surface area contributed by atoms with Gasteiger partial charge in [0.1, 0.15) is 6.23 Å². The second-order valence-corrected chi connectivity index (χ2v) is 12.9. The van der Waals surface area contributed by atoms with Crippen LogP contribution in [0, 0.1) is 11.3 Å². The van der Waals surface area contributed by atoms with Crippen LogP contribution in [0.4, 0.5) is 11.4 Å². The number of rotatable bonds is 5. The van der Waals surface area contributed by atoms with Gasteiger partial charge in [0.05, 0.1) is 35.5 Å². The molecule has 0 aliphatic carbocycles. The minimum absolute atomic E-state index is 0.352.